The molecule has 1 aromatic rings. The van der Waals surface area contributed by atoms with Crippen LogP contribution in [0.25, 0.3) is 0 Å². The molecule has 1 aromatic carbocycles. The molecule has 0 saturated carbocycles. The van der Waals surface area contributed by atoms with Crippen molar-refractivity contribution in [3.05, 3.63) is 41.6 Å². The zero-order valence-corrected chi connectivity index (χ0v) is 15.0. The van der Waals surface area contributed by atoms with Gasteiger partial charge in [0.2, 0.25) is 0 Å². The van der Waals surface area contributed by atoms with E-state index >= 15 is 0 Å². The van der Waals surface area contributed by atoms with Crippen LogP contribution in [0.1, 0.15) is 34.1 Å². The lowest BCUT2D eigenvalue weighted by atomic mass is 9.75. The topological polar surface area (TPSA) is 21.7 Å². The van der Waals surface area contributed by atoms with Crippen molar-refractivity contribution in [2.24, 2.45) is 0 Å². The number of hydrogen-bond acceptors (Lipinski definition) is 4. The first-order valence-electron chi connectivity index (χ1n) is 8.00. The molecule has 0 amide bonds. The summed E-state index contributed by atoms with van der Waals surface area (Å²) in [4.78, 5) is 1.05. The first kappa shape index (κ1) is 17.0. The monoisotopic (exact) mass is 335 g/mol. The number of hydrogen-bond donors (Lipinski definition) is 0. The highest BCUT2D eigenvalue weighted by atomic mass is 32.2. The lowest BCUT2D eigenvalue weighted by Crippen LogP contribution is -2.41. The van der Waals surface area contributed by atoms with Crippen molar-refractivity contribution in [3.8, 4) is 0 Å². The maximum atomic E-state index is 13.0. The quantitative estimate of drug-likeness (QED) is 0.612. The summed E-state index contributed by atoms with van der Waals surface area (Å²) in [5, 5.41) is 0. The van der Waals surface area contributed by atoms with Crippen LogP contribution in [-0.2, 0) is 9.31 Å². The molecule has 23 heavy (non-hydrogen) atoms. The average Bonchev–Trinajstić information content (AvgIpc) is 2.71. The Hall–Kier alpha value is -0.815. The molecule has 0 spiro atoms. The van der Waals surface area contributed by atoms with Gasteiger partial charge in [0.1, 0.15) is 5.82 Å². The van der Waals surface area contributed by atoms with Crippen LogP contribution in [-0.4, -0.2) is 35.7 Å². The van der Waals surface area contributed by atoms with Gasteiger partial charge in [-0.2, -0.15) is 0 Å². The molecular weight excluding hydrogens is 312 g/mol. The molecule has 3 rings (SSSR count). The van der Waals surface area contributed by atoms with Crippen LogP contribution < -0.4 is 0 Å². The average molecular weight is 335 g/mol. The number of rotatable bonds is 3. The van der Waals surface area contributed by atoms with Crippen molar-refractivity contribution in [2.75, 3.05) is 13.1 Å². The fraction of sp³-hybridized carbons (Fsp3) is 0.529. The van der Waals surface area contributed by atoms with Crippen LogP contribution in [0.3, 0.4) is 0 Å². The lowest BCUT2D eigenvalue weighted by molar-refractivity contribution is 0.00578. The van der Waals surface area contributed by atoms with E-state index in [2.05, 4.69) is 38.1 Å². The van der Waals surface area contributed by atoms with Gasteiger partial charge in [0.25, 0.3) is 0 Å². The SMILES string of the molecule is CC1(C)OB(C2=CCN(Sc3ccc(F)cc3)CC2)OC1(C)C. The van der Waals surface area contributed by atoms with Crippen LogP contribution in [0.5, 0.6) is 0 Å². The summed E-state index contributed by atoms with van der Waals surface area (Å²) in [6.07, 6.45) is 3.12. The molecule has 2 heterocycles. The van der Waals surface area contributed by atoms with Gasteiger partial charge in [0.15, 0.2) is 0 Å². The van der Waals surface area contributed by atoms with Crippen LogP contribution in [0.2, 0.25) is 0 Å². The van der Waals surface area contributed by atoms with E-state index in [1.165, 1.54) is 17.6 Å². The normalized spacial score (nSPS) is 23.9. The van der Waals surface area contributed by atoms with Crippen LogP contribution in [0.4, 0.5) is 4.39 Å². The summed E-state index contributed by atoms with van der Waals surface area (Å²) in [6.45, 7) is 10.1. The molecule has 2 aliphatic rings. The van der Waals surface area contributed by atoms with Gasteiger partial charge in [-0.15, -0.1) is 0 Å². The molecule has 0 radical (unpaired) electrons. The molecule has 0 atom stereocenters. The van der Waals surface area contributed by atoms with Gasteiger partial charge in [-0.25, -0.2) is 8.70 Å². The molecule has 0 bridgehead atoms. The van der Waals surface area contributed by atoms with Crippen molar-refractivity contribution < 1.29 is 13.7 Å². The summed E-state index contributed by atoms with van der Waals surface area (Å²) in [6, 6.07) is 6.62. The molecular formula is C17H23BFNO2S. The Morgan fingerprint density at radius 1 is 1.09 bits per heavy atom. The van der Waals surface area contributed by atoms with Crippen molar-refractivity contribution in [1.29, 1.82) is 0 Å². The predicted molar refractivity (Wildman–Crippen MR) is 92.6 cm³/mol. The zero-order chi connectivity index (χ0) is 16.7. The molecule has 0 N–H and O–H groups in total. The number of nitrogens with zero attached hydrogens (tertiary/aromatic N) is 1. The Bertz CT molecular complexity index is 587. The van der Waals surface area contributed by atoms with Crippen LogP contribution in [0.15, 0.2) is 40.7 Å². The van der Waals surface area contributed by atoms with Gasteiger partial charge >= 0.3 is 7.12 Å². The highest BCUT2D eigenvalue weighted by Crippen LogP contribution is 2.39. The fourth-order valence-corrected chi connectivity index (χ4v) is 3.49. The largest absolute Gasteiger partial charge is 0.490 e. The van der Waals surface area contributed by atoms with Gasteiger partial charge in [-0.1, -0.05) is 6.08 Å². The van der Waals surface area contributed by atoms with E-state index in [9.17, 15) is 4.39 Å². The van der Waals surface area contributed by atoms with Crippen molar-refractivity contribution in [2.45, 2.75) is 50.2 Å². The van der Waals surface area contributed by atoms with E-state index in [1.807, 2.05) is 12.1 Å². The summed E-state index contributed by atoms with van der Waals surface area (Å²) in [5.74, 6) is -0.198. The lowest BCUT2D eigenvalue weighted by Gasteiger charge is -2.32. The van der Waals surface area contributed by atoms with E-state index in [1.54, 1.807) is 11.9 Å². The minimum atomic E-state index is -0.293. The highest BCUT2D eigenvalue weighted by Gasteiger charge is 2.52. The Morgan fingerprint density at radius 3 is 2.22 bits per heavy atom. The molecule has 0 unspecified atom stereocenters. The van der Waals surface area contributed by atoms with E-state index in [4.69, 9.17) is 9.31 Å². The number of halogens is 1. The molecule has 124 valence electrons. The predicted octanol–water partition coefficient (Wildman–Crippen LogP) is 4.10. The molecule has 3 nitrogen and oxygen atoms in total. The van der Waals surface area contributed by atoms with Gasteiger partial charge in [0, 0.05) is 18.0 Å². The minimum Gasteiger partial charge on any atom is -0.400 e. The van der Waals surface area contributed by atoms with Gasteiger partial charge in [0.05, 0.1) is 11.2 Å². The van der Waals surface area contributed by atoms with Crippen molar-refractivity contribution in [3.63, 3.8) is 0 Å². The molecule has 6 heteroatoms. The first-order chi connectivity index (χ1) is 10.8. The third-order valence-electron chi connectivity index (χ3n) is 4.81. The molecule has 1 fully saturated rings. The van der Waals surface area contributed by atoms with E-state index < -0.39 is 0 Å². The number of benzene rings is 1. The Morgan fingerprint density at radius 2 is 1.70 bits per heavy atom. The minimum absolute atomic E-state index is 0.198. The maximum absolute atomic E-state index is 13.0. The van der Waals surface area contributed by atoms with Crippen LogP contribution in [0, 0.1) is 5.82 Å². The van der Waals surface area contributed by atoms with E-state index in [-0.39, 0.29) is 24.1 Å². The maximum Gasteiger partial charge on any atom is 0.490 e. The highest BCUT2D eigenvalue weighted by molar-refractivity contribution is 7.97. The first-order valence-corrected chi connectivity index (χ1v) is 8.77. The summed E-state index contributed by atoms with van der Waals surface area (Å²) >= 11 is 1.66. The van der Waals surface area contributed by atoms with Gasteiger partial charge in [-0.05, 0) is 75.8 Å². The van der Waals surface area contributed by atoms with Crippen molar-refractivity contribution >= 4 is 19.1 Å². The van der Waals surface area contributed by atoms with Crippen LogP contribution >= 0.6 is 11.9 Å². The summed E-state index contributed by atoms with van der Waals surface area (Å²) in [7, 11) is -0.238. The smallest absolute Gasteiger partial charge is 0.400 e. The zero-order valence-electron chi connectivity index (χ0n) is 14.1. The molecule has 2 aliphatic heterocycles. The molecule has 0 aliphatic carbocycles. The third kappa shape index (κ3) is 3.66. The molecule has 1 saturated heterocycles. The summed E-state index contributed by atoms with van der Waals surface area (Å²) in [5.41, 5.74) is 0.636. The van der Waals surface area contributed by atoms with Crippen molar-refractivity contribution in [1.82, 2.24) is 4.31 Å². The van der Waals surface area contributed by atoms with E-state index in [0.717, 1.165) is 24.4 Å². The second-order valence-electron chi connectivity index (χ2n) is 7.05. The van der Waals surface area contributed by atoms with E-state index in [0.29, 0.717) is 0 Å². The summed E-state index contributed by atoms with van der Waals surface area (Å²) < 4.78 is 27.4. The third-order valence-corrected chi connectivity index (χ3v) is 5.88. The fourth-order valence-electron chi connectivity index (χ4n) is 2.60. The Balaban J connectivity index is 1.60. The Kier molecular flexibility index (Phi) is 4.62. The molecule has 0 aromatic heterocycles. The second-order valence-corrected chi connectivity index (χ2v) is 8.22. The second kappa shape index (κ2) is 6.24. The van der Waals surface area contributed by atoms with Gasteiger partial charge in [-0.3, -0.25) is 0 Å². The standard InChI is InChI=1S/C17H23BFNO2S/c1-16(2)17(3,4)22-18(21-16)13-9-11-20(12-10-13)23-15-7-5-14(19)6-8-15/h5-9H,10-12H2,1-4H3. The van der Waals surface area contributed by atoms with Gasteiger partial charge < -0.3 is 9.31 Å². The Labute approximate surface area is 142 Å².